The third kappa shape index (κ3) is 4.85. The molecule has 1 atom stereocenters. The van der Waals surface area contributed by atoms with Crippen LogP contribution in [0.1, 0.15) is 36.1 Å². The van der Waals surface area contributed by atoms with Gasteiger partial charge in [0.15, 0.2) is 5.84 Å². The summed E-state index contributed by atoms with van der Waals surface area (Å²) < 4.78 is 52.5. The average Bonchev–Trinajstić information content (AvgIpc) is 2.77. The highest BCUT2D eigenvalue weighted by Gasteiger charge is 2.37. The number of hydroxylamine groups is 1. The fraction of sp³-hybridized carbons (Fsp3) is 0.545. The molecule has 120 valence electrons. The standard InChI is InChI=1S/C11H16F3N3O2S2/c1-10(2,3)21(19)16-5-6-4-7(9(15)17-18)8(20-6)11(12,13)14/h4,16,18H,5H2,1-3H3,(H2,15,17). The van der Waals surface area contributed by atoms with E-state index in [-0.39, 0.29) is 11.4 Å². The molecule has 1 aromatic rings. The second-order valence-corrected chi connectivity index (χ2v) is 8.33. The number of halogens is 3. The van der Waals surface area contributed by atoms with Crippen molar-refractivity contribution in [1.29, 1.82) is 5.41 Å². The van der Waals surface area contributed by atoms with Crippen LogP contribution < -0.4 is 10.2 Å². The van der Waals surface area contributed by atoms with Crippen molar-refractivity contribution >= 4 is 28.5 Å². The molecule has 5 nitrogen and oxygen atoms in total. The van der Waals surface area contributed by atoms with E-state index in [0.29, 0.717) is 11.3 Å². The molecule has 1 aromatic heterocycles. The minimum Gasteiger partial charge on any atom is -0.598 e. The second kappa shape index (κ2) is 6.53. The molecule has 0 aromatic carbocycles. The smallest absolute Gasteiger partial charge is 0.426 e. The molecule has 1 rings (SSSR count). The average molecular weight is 343 g/mol. The Morgan fingerprint density at radius 1 is 1.43 bits per heavy atom. The fourth-order valence-electron chi connectivity index (χ4n) is 1.34. The van der Waals surface area contributed by atoms with Crippen LogP contribution in [0, 0.1) is 5.41 Å². The number of thiophene rings is 1. The highest BCUT2D eigenvalue weighted by atomic mass is 32.2. The Kier molecular flexibility index (Phi) is 5.67. The lowest BCUT2D eigenvalue weighted by atomic mass is 10.2. The number of hydrogen-bond donors (Lipinski definition) is 4. The molecular weight excluding hydrogens is 327 g/mol. The van der Waals surface area contributed by atoms with Crippen molar-refractivity contribution in [2.45, 2.75) is 38.2 Å². The van der Waals surface area contributed by atoms with E-state index >= 15 is 0 Å². The molecule has 0 bridgehead atoms. The zero-order valence-corrected chi connectivity index (χ0v) is 13.2. The van der Waals surface area contributed by atoms with Crippen LogP contribution in [-0.4, -0.2) is 20.3 Å². The van der Waals surface area contributed by atoms with Crippen molar-refractivity contribution in [1.82, 2.24) is 10.2 Å². The minimum atomic E-state index is -4.62. The lowest BCUT2D eigenvalue weighted by Gasteiger charge is -2.23. The van der Waals surface area contributed by atoms with Gasteiger partial charge in [-0.05, 0) is 26.8 Å². The molecule has 10 heteroatoms. The molecule has 0 aliphatic carbocycles. The van der Waals surface area contributed by atoms with Gasteiger partial charge in [-0.2, -0.15) is 13.2 Å². The van der Waals surface area contributed by atoms with E-state index in [0.717, 1.165) is 6.07 Å². The van der Waals surface area contributed by atoms with Crippen LogP contribution in [0.3, 0.4) is 0 Å². The number of rotatable bonds is 4. The van der Waals surface area contributed by atoms with Crippen molar-refractivity contribution in [3.05, 3.63) is 21.4 Å². The summed E-state index contributed by atoms with van der Waals surface area (Å²) in [7, 11) is 0. The molecule has 0 spiro atoms. The molecule has 21 heavy (non-hydrogen) atoms. The zero-order chi connectivity index (χ0) is 16.4. The number of amidine groups is 1. The van der Waals surface area contributed by atoms with Gasteiger partial charge in [-0.15, -0.1) is 16.1 Å². The molecule has 0 fully saturated rings. The van der Waals surface area contributed by atoms with Gasteiger partial charge in [-0.25, -0.2) is 0 Å². The van der Waals surface area contributed by atoms with Crippen molar-refractivity contribution in [2.75, 3.05) is 0 Å². The van der Waals surface area contributed by atoms with E-state index in [2.05, 4.69) is 4.72 Å². The Balaban J connectivity index is 2.96. The van der Waals surface area contributed by atoms with Crippen molar-refractivity contribution in [3.8, 4) is 0 Å². The van der Waals surface area contributed by atoms with E-state index in [1.807, 2.05) is 0 Å². The second-order valence-electron chi connectivity index (χ2n) is 5.14. The molecule has 0 amide bonds. The summed E-state index contributed by atoms with van der Waals surface area (Å²) in [6.07, 6.45) is -4.62. The fourth-order valence-corrected chi connectivity index (χ4v) is 3.12. The molecule has 0 saturated heterocycles. The predicted octanol–water partition coefficient (Wildman–Crippen LogP) is 2.62. The number of hydrogen-bond acceptors (Lipinski definition) is 5. The Morgan fingerprint density at radius 2 is 2.00 bits per heavy atom. The molecule has 1 unspecified atom stereocenters. The van der Waals surface area contributed by atoms with Crippen LogP contribution in [0.5, 0.6) is 0 Å². The van der Waals surface area contributed by atoms with Gasteiger partial charge in [0, 0.05) is 21.8 Å². The van der Waals surface area contributed by atoms with Crippen molar-refractivity contribution in [3.63, 3.8) is 0 Å². The minimum absolute atomic E-state index is 0.0175. The first-order valence-electron chi connectivity index (χ1n) is 5.81. The van der Waals surface area contributed by atoms with Gasteiger partial charge in [0.05, 0.1) is 6.54 Å². The Labute approximate surface area is 127 Å². The van der Waals surface area contributed by atoms with E-state index in [1.54, 1.807) is 20.8 Å². The largest absolute Gasteiger partial charge is 0.598 e. The molecular formula is C11H16F3N3O2S2. The molecule has 0 radical (unpaired) electrons. The van der Waals surface area contributed by atoms with Crippen LogP contribution in [0.15, 0.2) is 6.07 Å². The maximum absolute atomic E-state index is 12.9. The summed E-state index contributed by atoms with van der Waals surface area (Å²) in [4.78, 5) is -0.706. The van der Waals surface area contributed by atoms with Gasteiger partial charge < -0.3 is 4.55 Å². The van der Waals surface area contributed by atoms with E-state index in [4.69, 9.17) is 10.6 Å². The first-order valence-corrected chi connectivity index (χ1v) is 7.77. The maximum atomic E-state index is 12.9. The zero-order valence-electron chi connectivity index (χ0n) is 11.6. The lowest BCUT2D eigenvalue weighted by molar-refractivity contribution is -0.134. The van der Waals surface area contributed by atoms with Gasteiger partial charge in [-0.1, -0.05) is 0 Å². The summed E-state index contributed by atoms with van der Waals surface area (Å²) in [6.45, 7) is 5.20. The van der Waals surface area contributed by atoms with Crippen LogP contribution >= 0.6 is 11.3 Å². The summed E-state index contributed by atoms with van der Waals surface area (Å²) >= 11 is -0.963. The highest BCUT2D eigenvalue weighted by Crippen LogP contribution is 2.38. The normalized spacial score (nSPS) is 14.1. The predicted molar refractivity (Wildman–Crippen MR) is 75.8 cm³/mol. The summed E-state index contributed by atoms with van der Waals surface area (Å²) in [5, 5.41) is 15.9. The lowest BCUT2D eigenvalue weighted by Crippen LogP contribution is -2.38. The molecule has 0 saturated carbocycles. The summed E-state index contributed by atoms with van der Waals surface area (Å²) in [6, 6.07) is 1.14. The SMILES string of the molecule is CC(C)(C)[S+]([O-])NCc1cc(C(=N)NO)c(C(F)(F)F)s1. The first-order chi connectivity index (χ1) is 9.46. The molecule has 1 heterocycles. The highest BCUT2D eigenvalue weighted by molar-refractivity contribution is 7.90. The monoisotopic (exact) mass is 343 g/mol. The number of alkyl halides is 3. The topological polar surface area (TPSA) is 91.2 Å². The quantitative estimate of drug-likeness (QED) is 0.293. The van der Waals surface area contributed by atoms with Gasteiger partial charge in [0.1, 0.15) is 9.62 Å². The Hall–Kier alpha value is -0.810. The third-order valence-electron chi connectivity index (χ3n) is 2.36. The van der Waals surface area contributed by atoms with Gasteiger partial charge in [0.25, 0.3) is 0 Å². The van der Waals surface area contributed by atoms with Crippen LogP contribution in [0.2, 0.25) is 0 Å². The van der Waals surface area contributed by atoms with E-state index in [1.165, 1.54) is 5.48 Å². The van der Waals surface area contributed by atoms with Crippen LogP contribution in [-0.2, 0) is 24.1 Å². The molecule has 4 N–H and O–H groups in total. The summed E-state index contributed by atoms with van der Waals surface area (Å²) in [5.74, 6) is -0.734. The van der Waals surface area contributed by atoms with Crippen molar-refractivity contribution in [2.24, 2.45) is 0 Å². The van der Waals surface area contributed by atoms with Crippen molar-refractivity contribution < 1.29 is 22.9 Å². The van der Waals surface area contributed by atoms with E-state index in [9.17, 15) is 17.7 Å². The van der Waals surface area contributed by atoms with E-state index < -0.39 is 38.6 Å². The van der Waals surface area contributed by atoms with Gasteiger partial charge in [0.2, 0.25) is 0 Å². The number of nitrogens with one attached hydrogen (secondary N) is 3. The van der Waals surface area contributed by atoms with Crippen LogP contribution in [0.4, 0.5) is 13.2 Å². The van der Waals surface area contributed by atoms with Gasteiger partial charge in [-0.3, -0.25) is 16.1 Å². The van der Waals surface area contributed by atoms with Crippen LogP contribution in [0.25, 0.3) is 0 Å². The molecule has 0 aliphatic heterocycles. The first kappa shape index (κ1) is 18.2. The Morgan fingerprint density at radius 3 is 2.43 bits per heavy atom. The Bertz CT molecular complexity index is 512. The molecule has 0 aliphatic rings. The maximum Gasteiger partial charge on any atom is 0.426 e. The summed E-state index contributed by atoms with van der Waals surface area (Å²) in [5.41, 5.74) is 0.969. The van der Waals surface area contributed by atoms with Gasteiger partial charge >= 0.3 is 6.18 Å². The third-order valence-corrected chi connectivity index (χ3v) is 5.05.